The van der Waals surface area contributed by atoms with Crippen LogP contribution in [0.25, 0.3) is 0 Å². The first kappa shape index (κ1) is 12.4. The van der Waals surface area contributed by atoms with Crippen molar-refractivity contribution in [3.63, 3.8) is 0 Å². The fourth-order valence-electron chi connectivity index (χ4n) is 2.65. The Kier molecular flexibility index (Phi) is 3.35. The molecular formula is C13H20N6. The lowest BCUT2D eigenvalue weighted by Crippen LogP contribution is -2.46. The largest absolute Gasteiger partial charge is 0.337 e. The van der Waals surface area contributed by atoms with Crippen molar-refractivity contribution in [3.05, 3.63) is 36.2 Å². The first-order valence-corrected chi connectivity index (χ1v) is 6.64. The molecule has 0 aliphatic carbocycles. The fraction of sp³-hybridized carbons (Fsp3) is 0.538. The molecule has 1 unspecified atom stereocenters. The molecular weight excluding hydrogens is 240 g/mol. The molecule has 102 valence electrons. The maximum Gasteiger partial charge on any atom is 0.127 e. The number of hydrogen-bond acceptors (Lipinski definition) is 4. The van der Waals surface area contributed by atoms with Crippen LogP contribution in [0.4, 0.5) is 0 Å². The summed E-state index contributed by atoms with van der Waals surface area (Å²) in [5.41, 5.74) is 1.24. The summed E-state index contributed by atoms with van der Waals surface area (Å²) < 4.78 is 4.05. The Bertz CT molecular complexity index is 543. The molecule has 0 saturated carbocycles. The van der Waals surface area contributed by atoms with E-state index < -0.39 is 0 Å². The van der Waals surface area contributed by atoms with Gasteiger partial charge in [-0.05, 0) is 6.07 Å². The van der Waals surface area contributed by atoms with Gasteiger partial charge in [0, 0.05) is 58.9 Å². The van der Waals surface area contributed by atoms with Crippen molar-refractivity contribution in [3.8, 4) is 0 Å². The monoisotopic (exact) mass is 260 g/mol. The number of aryl methyl sites for hydroxylation is 2. The van der Waals surface area contributed by atoms with Crippen molar-refractivity contribution in [1.29, 1.82) is 0 Å². The Labute approximate surface area is 113 Å². The molecule has 6 nitrogen and oxygen atoms in total. The van der Waals surface area contributed by atoms with Crippen molar-refractivity contribution in [2.45, 2.75) is 12.6 Å². The third kappa shape index (κ3) is 2.41. The van der Waals surface area contributed by atoms with Crippen molar-refractivity contribution < 1.29 is 0 Å². The Morgan fingerprint density at radius 2 is 2.26 bits per heavy atom. The maximum absolute atomic E-state index is 4.50. The van der Waals surface area contributed by atoms with Gasteiger partial charge in [-0.25, -0.2) is 4.98 Å². The summed E-state index contributed by atoms with van der Waals surface area (Å²) in [5, 5.41) is 7.70. The molecule has 1 saturated heterocycles. The lowest BCUT2D eigenvalue weighted by atomic mass is 10.1. The molecule has 0 spiro atoms. The zero-order valence-corrected chi connectivity index (χ0v) is 11.5. The molecule has 1 fully saturated rings. The van der Waals surface area contributed by atoms with Crippen molar-refractivity contribution in [1.82, 2.24) is 29.5 Å². The highest BCUT2D eigenvalue weighted by atomic mass is 15.3. The minimum absolute atomic E-state index is 0.323. The maximum atomic E-state index is 4.50. The zero-order valence-electron chi connectivity index (χ0n) is 11.5. The Morgan fingerprint density at radius 1 is 1.37 bits per heavy atom. The van der Waals surface area contributed by atoms with Gasteiger partial charge in [-0.3, -0.25) is 9.58 Å². The standard InChI is InChI=1S/C13H20N6/c1-17-7-6-15-13(17)12-9-14-5-8-19(12)10-11-3-4-16-18(11)2/h3-4,6-7,12,14H,5,8-10H2,1-2H3. The van der Waals surface area contributed by atoms with Gasteiger partial charge in [-0.2, -0.15) is 5.10 Å². The molecule has 2 aromatic rings. The first-order valence-electron chi connectivity index (χ1n) is 6.64. The topological polar surface area (TPSA) is 50.9 Å². The van der Waals surface area contributed by atoms with Gasteiger partial charge in [0.25, 0.3) is 0 Å². The van der Waals surface area contributed by atoms with E-state index >= 15 is 0 Å². The number of piperazine rings is 1. The van der Waals surface area contributed by atoms with E-state index in [1.165, 1.54) is 5.69 Å². The SMILES string of the molecule is Cn1ccnc1C1CNCCN1Cc1ccnn1C. The predicted octanol–water partition coefficient (Wildman–Crippen LogP) is 0.300. The normalized spacial score (nSPS) is 20.8. The first-order chi connectivity index (χ1) is 9.25. The van der Waals surface area contributed by atoms with Crippen LogP contribution in [-0.4, -0.2) is 43.9 Å². The summed E-state index contributed by atoms with van der Waals surface area (Å²) in [5.74, 6) is 1.12. The second kappa shape index (κ2) is 5.14. The van der Waals surface area contributed by atoms with Crippen LogP contribution in [0.3, 0.4) is 0 Å². The smallest absolute Gasteiger partial charge is 0.127 e. The van der Waals surface area contributed by atoms with E-state index in [1.54, 1.807) is 0 Å². The number of nitrogens with zero attached hydrogens (tertiary/aromatic N) is 5. The van der Waals surface area contributed by atoms with E-state index in [-0.39, 0.29) is 0 Å². The van der Waals surface area contributed by atoms with Crippen molar-refractivity contribution >= 4 is 0 Å². The number of imidazole rings is 1. The number of aromatic nitrogens is 4. The summed E-state index contributed by atoms with van der Waals surface area (Å²) in [6.07, 6.45) is 5.73. The highest BCUT2D eigenvalue weighted by Gasteiger charge is 2.27. The van der Waals surface area contributed by atoms with Gasteiger partial charge in [-0.15, -0.1) is 0 Å². The Hall–Kier alpha value is -1.66. The van der Waals surface area contributed by atoms with Crippen LogP contribution in [0.5, 0.6) is 0 Å². The quantitative estimate of drug-likeness (QED) is 0.862. The van der Waals surface area contributed by atoms with Crippen LogP contribution in [-0.2, 0) is 20.6 Å². The third-order valence-electron chi connectivity index (χ3n) is 3.80. The second-order valence-electron chi connectivity index (χ2n) is 5.03. The molecule has 1 N–H and O–H groups in total. The minimum Gasteiger partial charge on any atom is -0.337 e. The van der Waals surface area contributed by atoms with Crippen LogP contribution in [0.2, 0.25) is 0 Å². The molecule has 0 amide bonds. The zero-order chi connectivity index (χ0) is 13.2. The molecule has 1 aliphatic heterocycles. The van der Waals surface area contributed by atoms with Crippen LogP contribution < -0.4 is 5.32 Å². The molecule has 19 heavy (non-hydrogen) atoms. The van der Waals surface area contributed by atoms with Gasteiger partial charge < -0.3 is 9.88 Å². The van der Waals surface area contributed by atoms with Gasteiger partial charge >= 0.3 is 0 Å². The fourth-order valence-corrected chi connectivity index (χ4v) is 2.65. The molecule has 2 aromatic heterocycles. The molecule has 0 radical (unpaired) electrons. The van der Waals surface area contributed by atoms with Gasteiger partial charge in [0.15, 0.2) is 0 Å². The van der Waals surface area contributed by atoms with Crippen LogP contribution in [0.1, 0.15) is 17.6 Å². The van der Waals surface area contributed by atoms with Crippen LogP contribution in [0.15, 0.2) is 24.7 Å². The van der Waals surface area contributed by atoms with E-state index in [2.05, 4.69) is 38.0 Å². The Balaban J connectivity index is 1.82. The van der Waals surface area contributed by atoms with E-state index in [0.717, 1.165) is 32.0 Å². The van der Waals surface area contributed by atoms with E-state index in [1.807, 2.05) is 30.3 Å². The summed E-state index contributed by atoms with van der Waals surface area (Å²) >= 11 is 0. The van der Waals surface area contributed by atoms with Crippen molar-refractivity contribution in [2.24, 2.45) is 14.1 Å². The highest BCUT2D eigenvalue weighted by Crippen LogP contribution is 2.22. The van der Waals surface area contributed by atoms with Crippen molar-refractivity contribution in [2.75, 3.05) is 19.6 Å². The number of hydrogen-bond donors (Lipinski definition) is 1. The van der Waals surface area contributed by atoms with Gasteiger partial charge in [0.2, 0.25) is 0 Å². The molecule has 1 aliphatic rings. The molecule has 0 bridgehead atoms. The van der Waals surface area contributed by atoms with Gasteiger partial charge in [0.05, 0.1) is 11.7 Å². The molecule has 0 aromatic carbocycles. The molecule has 6 heteroatoms. The van der Waals surface area contributed by atoms with Crippen LogP contribution >= 0.6 is 0 Å². The Morgan fingerprint density at radius 3 is 2.95 bits per heavy atom. The second-order valence-corrected chi connectivity index (χ2v) is 5.03. The molecule has 1 atom stereocenters. The van der Waals surface area contributed by atoms with E-state index in [0.29, 0.717) is 6.04 Å². The van der Waals surface area contributed by atoms with Crippen LogP contribution in [0, 0.1) is 0 Å². The summed E-state index contributed by atoms with van der Waals surface area (Å²) in [7, 11) is 4.05. The minimum atomic E-state index is 0.323. The van der Waals surface area contributed by atoms with E-state index in [4.69, 9.17) is 0 Å². The summed E-state index contributed by atoms with van der Waals surface area (Å²) in [4.78, 5) is 6.97. The van der Waals surface area contributed by atoms with E-state index in [9.17, 15) is 0 Å². The third-order valence-corrected chi connectivity index (χ3v) is 3.80. The predicted molar refractivity (Wildman–Crippen MR) is 72.4 cm³/mol. The number of nitrogens with one attached hydrogen (secondary N) is 1. The average Bonchev–Trinajstić information content (AvgIpc) is 3.00. The number of rotatable bonds is 3. The molecule has 3 rings (SSSR count). The highest BCUT2D eigenvalue weighted by molar-refractivity contribution is 5.05. The van der Waals surface area contributed by atoms with Gasteiger partial charge in [-0.1, -0.05) is 0 Å². The average molecular weight is 260 g/mol. The molecule has 3 heterocycles. The van der Waals surface area contributed by atoms with Gasteiger partial charge in [0.1, 0.15) is 5.82 Å². The summed E-state index contributed by atoms with van der Waals surface area (Å²) in [6, 6.07) is 2.40. The lowest BCUT2D eigenvalue weighted by Gasteiger charge is -2.35. The lowest BCUT2D eigenvalue weighted by molar-refractivity contribution is 0.141. The summed E-state index contributed by atoms with van der Waals surface area (Å²) in [6.45, 7) is 3.92.